The zero-order valence-corrected chi connectivity index (χ0v) is 24.5. The molecule has 0 bridgehead atoms. The molecule has 0 aliphatic carbocycles. The molecule has 1 N–H and O–H groups in total. The van der Waals surface area contributed by atoms with Crippen LogP contribution in [0.3, 0.4) is 0 Å². The second kappa shape index (κ2) is 13.2. The third-order valence-electron chi connectivity index (χ3n) is 6.80. The molecular weight excluding hydrogens is 542 g/mol. The third kappa shape index (κ3) is 7.60. The number of hydrogen-bond acceptors (Lipinski definition) is 6. The van der Waals surface area contributed by atoms with E-state index in [-0.39, 0.29) is 29.5 Å². The minimum absolute atomic E-state index is 0.0677. The molecule has 0 saturated heterocycles. The molecule has 5 rings (SSSR count). The first-order valence-corrected chi connectivity index (χ1v) is 14.2. The van der Waals surface area contributed by atoms with Gasteiger partial charge in [-0.1, -0.05) is 91.0 Å². The van der Waals surface area contributed by atoms with Gasteiger partial charge in [-0.3, -0.25) is 4.79 Å². The number of nitrogens with one attached hydrogen (secondary N) is 1. The molecule has 8 heteroatoms. The van der Waals surface area contributed by atoms with Gasteiger partial charge in [0.15, 0.2) is 5.82 Å². The van der Waals surface area contributed by atoms with Crippen LogP contribution in [0.4, 0.5) is 4.79 Å². The van der Waals surface area contributed by atoms with E-state index in [1.165, 1.54) is 12.3 Å². The van der Waals surface area contributed by atoms with Crippen molar-refractivity contribution in [3.05, 3.63) is 143 Å². The number of rotatable bonds is 10. The Balaban J connectivity index is 1.53. The van der Waals surface area contributed by atoms with E-state index in [4.69, 9.17) is 13.9 Å². The van der Waals surface area contributed by atoms with Gasteiger partial charge < -0.3 is 23.8 Å². The van der Waals surface area contributed by atoms with Gasteiger partial charge in [0.05, 0.1) is 12.3 Å². The molecular formula is C35H35N3O5. The monoisotopic (exact) mass is 577 g/mol. The quantitative estimate of drug-likeness (QED) is 0.196. The van der Waals surface area contributed by atoms with Crippen molar-refractivity contribution in [2.75, 3.05) is 0 Å². The van der Waals surface area contributed by atoms with Gasteiger partial charge in [-0.25, -0.2) is 9.78 Å². The highest BCUT2D eigenvalue weighted by atomic mass is 16.6. The topological polar surface area (TPSA) is 95.6 Å². The number of carbonyl (C=O) groups is 1. The van der Waals surface area contributed by atoms with Gasteiger partial charge in [0.1, 0.15) is 12.2 Å². The van der Waals surface area contributed by atoms with Crippen LogP contribution in [0.2, 0.25) is 0 Å². The lowest BCUT2D eigenvalue weighted by Gasteiger charge is -2.31. The highest BCUT2D eigenvalue weighted by Crippen LogP contribution is 2.32. The number of amides is 1. The van der Waals surface area contributed by atoms with E-state index in [9.17, 15) is 9.59 Å². The zero-order valence-electron chi connectivity index (χ0n) is 24.5. The number of benzene rings is 3. The molecule has 1 amide bonds. The highest BCUT2D eigenvalue weighted by molar-refractivity contribution is 5.68. The van der Waals surface area contributed by atoms with Crippen molar-refractivity contribution in [1.29, 1.82) is 0 Å². The summed E-state index contributed by atoms with van der Waals surface area (Å²) < 4.78 is 19.4. The van der Waals surface area contributed by atoms with Gasteiger partial charge in [-0.15, -0.1) is 0 Å². The molecule has 2 heterocycles. The van der Waals surface area contributed by atoms with E-state index < -0.39 is 17.7 Å². The fourth-order valence-electron chi connectivity index (χ4n) is 4.97. The minimum atomic E-state index is -0.678. The Bertz CT molecular complexity index is 1640. The Morgan fingerprint density at radius 3 is 2.12 bits per heavy atom. The molecule has 43 heavy (non-hydrogen) atoms. The molecule has 0 aliphatic rings. The average molecular weight is 578 g/mol. The summed E-state index contributed by atoms with van der Waals surface area (Å²) in [6, 6.07) is 30.5. The molecule has 220 valence electrons. The van der Waals surface area contributed by atoms with Crippen molar-refractivity contribution in [2.24, 2.45) is 0 Å². The van der Waals surface area contributed by atoms with Crippen molar-refractivity contribution in [2.45, 2.75) is 51.5 Å². The van der Waals surface area contributed by atoms with Gasteiger partial charge in [0, 0.05) is 30.9 Å². The van der Waals surface area contributed by atoms with Crippen LogP contribution >= 0.6 is 0 Å². The SMILES string of the molecule is CC(C)(C)OC(=O)N[C@H](Cn1ccnc1-c1occc(=O)c1OCc1ccccc1)C(c1ccccc1)c1ccccc1. The first kappa shape index (κ1) is 29.4. The van der Waals surface area contributed by atoms with Crippen molar-refractivity contribution >= 4 is 6.09 Å². The first-order valence-electron chi connectivity index (χ1n) is 14.2. The van der Waals surface area contributed by atoms with Crippen molar-refractivity contribution in [3.63, 3.8) is 0 Å². The molecule has 0 spiro atoms. The summed E-state index contributed by atoms with van der Waals surface area (Å²) in [5, 5.41) is 3.13. The molecule has 0 fully saturated rings. The van der Waals surface area contributed by atoms with Crippen LogP contribution in [0, 0.1) is 0 Å². The molecule has 2 aromatic heterocycles. The second-order valence-electron chi connectivity index (χ2n) is 11.2. The summed E-state index contributed by atoms with van der Waals surface area (Å²) in [5.74, 6) is 0.442. The third-order valence-corrected chi connectivity index (χ3v) is 6.80. The van der Waals surface area contributed by atoms with Gasteiger partial charge in [0.25, 0.3) is 0 Å². The van der Waals surface area contributed by atoms with Crippen LogP contribution in [-0.2, 0) is 17.9 Å². The molecule has 1 atom stereocenters. The lowest BCUT2D eigenvalue weighted by molar-refractivity contribution is 0.0494. The van der Waals surface area contributed by atoms with E-state index in [0.29, 0.717) is 12.4 Å². The van der Waals surface area contributed by atoms with Crippen LogP contribution in [-0.4, -0.2) is 27.3 Å². The van der Waals surface area contributed by atoms with E-state index in [0.717, 1.165) is 16.7 Å². The van der Waals surface area contributed by atoms with E-state index >= 15 is 0 Å². The Morgan fingerprint density at radius 2 is 1.51 bits per heavy atom. The number of hydrogen-bond donors (Lipinski definition) is 1. The van der Waals surface area contributed by atoms with E-state index in [1.54, 1.807) is 12.4 Å². The Kier molecular flexibility index (Phi) is 9.05. The Morgan fingerprint density at radius 1 is 0.907 bits per heavy atom. The Labute approximate surface area is 250 Å². The molecule has 0 unspecified atom stereocenters. The van der Waals surface area contributed by atoms with Crippen LogP contribution in [0.15, 0.2) is 125 Å². The number of imidazole rings is 1. The van der Waals surface area contributed by atoms with Crippen molar-refractivity contribution in [3.8, 4) is 17.3 Å². The maximum absolute atomic E-state index is 13.2. The number of alkyl carbamates (subject to hydrolysis) is 1. The van der Waals surface area contributed by atoms with Crippen LogP contribution in [0.5, 0.6) is 5.75 Å². The van der Waals surface area contributed by atoms with Gasteiger partial charge in [-0.2, -0.15) is 0 Å². The first-order chi connectivity index (χ1) is 20.8. The smallest absolute Gasteiger partial charge is 0.407 e. The highest BCUT2D eigenvalue weighted by Gasteiger charge is 2.30. The summed E-state index contributed by atoms with van der Waals surface area (Å²) in [6.07, 6.45) is 4.22. The zero-order chi connectivity index (χ0) is 30.2. The van der Waals surface area contributed by atoms with Crippen molar-refractivity contribution < 1.29 is 18.7 Å². The lowest BCUT2D eigenvalue weighted by atomic mass is 9.85. The predicted molar refractivity (Wildman–Crippen MR) is 165 cm³/mol. The summed E-state index contributed by atoms with van der Waals surface area (Å²) >= 11 is 0. The van der Waals surface area contributed by atoms with Crippen LogP contribution < -0.4 is 15.5 Å². The largest absolute Gasteiger partial charge is 0.481 e. The summed E-state index contributed by atoms with van der Waals surface area (Å²) in [4.78, 5) is 30.7. The molecule has 3 aromatic carbocycles. The number of carbonyl (C=O) groups excluding carboxylic acids is 1. The lowest BCUT2D eigenvalue weighted by Crippen LogP contribution is -2.45. The second-order valence-corrected chi connectivity index (χ2v) is 11.2. The number of aromatic nitrogens is 2. The molecule has 0 radical (unpaired) electrons. The molecule has 0 aliphatic heterocycles. The fourth-order valence-corrected chi connectivity index (χ4v) is 4.97. The van der Waals surface area contributed by atoms with Crippen LogP contribution in [0.25, 0.3) is 11.6 Å². The normalized spacial score (nSPS) is 12.1. The van der Waals surface area contributed by atoms with Gasteiger partial charge >= 0.3 is 6.09 Å². The summed E-state index contributed by atoms with van der Waals surface area (Å²) in [6.45, 7) is 5.97. The number of ether oxygens (including phenoxy) is 2. The minimum Gasteiger partial charge on any atom is -0.481 e. The fraction of sp³-hybridized carbons (Fsp3) is 0.229. The maximum Gasteiger partial charge on any atom is 0.407 e. The average Bonchev–Trinajstić information content (AvgIpc) is 3.45. The van der Waals surface area contributed by atoms with E-state index in [2.05, 4.69) is 10.3 Å². The molecule has 8 nitrogen and oxygen atoms in total. The predicted octanol–water partition coefficient (Wildman–Crippen LogP) is 6.81. The summed E-state index contributed by atoms with van der Waals surface area (Å²) in [7, 11) is 0. The molecule has 5 aromatic rings. The van der Waals surface area contributed by atoms with Crippen LogP contribution in [0.1, 0.15) is 43.4 Å². The van der Waals surface area contributed by atoms with E-state index in [1.807, 2.05) is 116 Å². The van der Waals surface area contributed by atoms with Crippen molar-refractivity contribution in [1.82, 2.24) is 14.9 Å². The Hall–Kier alpha value is -5.11. The molecule has 0 saturated carbocycles. The van der Waals surface area contributed by atoms with Gasteiger partial charge in [0.2, 0.25) is 16.9 Å². The number of nitrogens with zero attached hydrogens (tertiary/aromatic N) is 2. The maximum atomic E-state index is 13.2. The summed E-state index contributed by atoms with van der Waals surface area (Å²) in [5.41, 5.74) is 1.96. The van der Waals surface area contributed by atoms with Gasteiger partial charge in [-0.05, 0) is 37.5 Å². The standard InChI is InChI=1S/C35H35N3O5/c1-35(2,3)43-34(40)37-28(30(26-15-9-5-10-16-26)27-17-11-6-12-18-27)23-38-21-20-36-33(38)32-31(29(39)19-22-41-32)42-24-25-13-7-4-8-14-25/h4-22,28,30H,23-24H2,1-3H3,(H,37,40)/t28-/m1/s1.